The second kappa shape index (κ2) is 5.03. The van der Waals surface area contributed by atoms with E-state index >= 15 is 0 Å². The van der Waals surface area contributed by atoms with Crippen LogP contribution in [0.25, 0.3) is 44.5 Å². The van der Waals surface area contributed by atoms with Gasteiger partial charge in [-0.25, -0.2) is 9.97 Å². The van der Waals surface area contributed by atoms with Crippen LogP contribution in [0.2, 0.25) is 0 Å². The van der Waals surface area contributed by atoms with Gasteiger partial charge in [-0.3, -0.25) is 4.98 Å². The van der Waals surface area contributed by atoms with Gasteiger partial charge in [-0.1, -0.05) is 30.3 Å². The Morgan fingerprint density at radius 2 is 1.25 bits per heavy atom. The van der Waals surface area contributed by atoms with Crippen LogP contribution in [0.4, 0.5) is 0 Å². The number of aromatic nitrogens is 5. The summed E-state index contributed by atoms with van der Waals surface area (Å²) in [6.45, 7) is 0. The molecule has 0 aliphatic heterocycles. The van der Waals surface area contributed by atoms with Crippen molar-refractivity contribution in [2.45, 2.75) is 0 Å². The fourth-order valence-corrected chi connectivity index (χ4v) is 2.94. The number of benzene rings is 2. The van der Waals surface area contributed by atoms with Crippen molar-refractivity contribution in [2.24, 2.45) is 0 Å². The zero-order chi connectivity index (χ0) is 15.9. The first kappa shape index (κ1) is 13.0. The third-order valence-electron chi connectivity index (χ3n) is 4.24. The fourth-order valence-electron chi connectivity index (χ4n) is 2.94. The smallest absolute Gasteiger partial charge is 0.0932 e. The Morgan fingerprint density at radius 1 is 0.583 bits per heavy atom. The molecule has 2 aromatic carbocycles. The van der Waals surface area contributed by atoms with E-state index in [1.54, 1.807) is 12.7 Å². The van der Waals surface area contributed by atoms with Crippen molar-refractivity contribution in [2.75, 3.05) is 0 Å². The van der Waals surface area contributed by atoms with Gasteiger partial charge in [0.15, 0.2) is 0 Å². The number of aromatic amines is 2. The van der Waals surface area contributed by atoms with E-state index in [1.807, 2.05) is 12.3 Å². The van der Waals surface area contributed by atoms with Gasteiger partial charge in [-0.2, -0.15) is 0 Å². The van der Waals surface area contributed by atoms with E-state index in [2.05, 4.69) is 67.4 Å². The van der Waals surface area contributed by atoms with Crippen molar-refractivity contribution in [3.63, 3.8) is 0 Å². The lowest BCUT2D eigenvalue weighted by molar-refractivity contribution is 1.33. The Kier molecular flexibility index (Phi) is 2.72. The molecule has 3 aromatic heterocycles. The summed E-state index contributed by atoms with van der Waals surface area (Å²) in [6, 6.07) is 16.6. The van der Waals surface area contributed by atoms with Gasteiger partial charge in [-0.15, -0.1) is 0 Å². The molecule has 2 N–H and O–H groups in total. The lowest BCUT2D eigenvalue weighted by Crippen LogP contribution is -1.85. The van der Waals surface area contributed by atoms with Crippen LogP contribution in [0.1, 0.15) is 0 Å². The molecule has 0 aliphatic rings. The summed E-state index contributed by atoms with van der Waals surface area (Å²) in [6.07, 6.45) is 5.22. The van der Waals surface area contributed by atoms with Crippen molar-refractivity contribution >= 4 is 22.1 Å². The molecule has 0 unspecified atom stereocenters. The first-order valence-corrected chi connectivity index (χ1v) is 7.70. The van der Waals surface area contributed by atoms with Crippen molar-refractivity contribution in [3.8, 4) is 22.4 Å². The van der Waals surface area contributed by atoms with Crippen LogP contribution in [0.3, 0.4) is 0 Å². The molecule has 0 fully saturated rings. The van der Waals surface area contributed by atoms with Crippen molar-refractivity contribution in [1.82, 2.24) is 24.9 Å². The lowest BCUT2D eigenvalue weighted by atomic mass is 10.0. The summed E-state index contributed by atoms with van der Waals surface area (Å²) in [5, 5.41) is 0. The highest BCUT2D eigenvalue weighted by atomic mass is 14.9. The molecule has 0 radical (unpaired) electrons. The zero-order valence-corrected chi connectivity index (χ0v) is 12.7. The second-order valence-electron chi connectivity index (χ2n) is 5.70. The van der Waals surface area contributed by atoms with Gasteiger partial charge < -0.3 is 9.97 Å². The maximum absolute atomic E-state index is 4.50. The molecule has 3 heterocycles. The topological polar surface area (TPSA) is 70.2 Å². The highest BCUT2D eigenvalue weighted by molar-refractivity contribution is 5.83. The number of hydrogen-bond donors (Lipinski definition) is 2. The Morgan fingerprint density at radius 3 is 2.08 bits per heavy atom. The number of imidazole rings is 2. The summed E-state index contributed by atoms with van der Waals surface area (Å²) in [5.74, 6) is 0. The van der Waals surface area contributed by atoms with Crippen LogP contribution >= 0.6 is 0 Å². The molecular formula is C19H13N5. The molecule has 114 valence electrons. The molecule has 0 saturated heterocycles. The normalized spacial score (nSPS) is 11.3. The number of nitrogens with one attached hydrogen (secondary N) is 2. The third-order valence-corrected chi connectivity index (χ3v) is 4.24. The Labute approximate surface area is 137 Å². The number of hydrogen-bond acceptors (Lipinski definition) is 3. The molecule has 0 bridgehead atoms. The Bertz CT molecular complexity index is 1060. The maximum atomic E-state index is 4.50. The quantitative estimate of drug-likeness (QED) is 0.514. The van der Waals surface area contributed by atoms with Gasteiger partial charge in [0.25, 0.3) is 0 Å². The van der Waals surface area contributed by atoms with Gasteiger partial charge in [0.2, 0.25) is 0 Å². The van der Waals surface area contributed by atoms with Gasteiger partial charge in [-0.05, 0) is 29.3 Å². The molecular weight excluding hydrogens is 298 g/mol. The number of nitrogens with zero attached hydrogens (tertiary/aromatic N) is 3. The minimum absolute atomic E-state index is 0.920. The first-order valence-electron chi connectivity index (χ1n) is 7.70. The molecule has 5 heteroatoms. The number of pyridine rings is 1. The predicted octanol–water partition coefficient (Wildman–Crippen LogP) is 4.17. The summed E-state index contributed by atoms with van der Waals surface area (Å²) in [5.41, 5.74) is 8.19. The van der Waals surface area contributed by atoms with Crippen LogP contribution < -0.4 is 0 Å². The summed E-state index contributed by atoms with van der Waals surface area (Å²) < 4.78 is 0. The van der Waals surface area contributed by atoms with E-state index < -0.39 is 0 Å². The van der Waals surface area contributed by atoms with E-state index in [1.165, 1.54) is 0 Å². The highest BCUT2D eigenvalue weighted by Crippen LogP contribution is 2.26. The number of fused-ring (bicyclic) bond motifs is 2. The zero-order valence-electron chi connectivity index (χ0n) is 12.7. The van der Waals surface area contributed by atoms with Crippen LogP contribution in [0.5, 0.6) is 0 Å². The maximum Gasteiger partial charge on any atom is 0.0932 e. The fraction of sp³-hybridized carbons (Fsp3) is 0. The van der Waals surface area contributed by atoms with Gasteiger partial charge in [0.1, 0.15) is 0 Å². The summed E-state index contributed by atoms with van der Waals surface area (Å²) >= 11 is 0. The van der Waals surface area contributed by atoms with Gasteiger partial charge in [0.05, 0.1) is 46.6 Å². The van der Waals surface area contributed by atoms with Crippen LogP contribution in [-0.2, 0) is 0 Å². The van der Waals surface area contributed by atoms with E-state index in [-0.39, 0.29) is 0 Å². The first-order chi connectivity index (χ1) is 11.9. The van der Waals surface area contributed by atoms with Crippen LogP contribution in [-0.4, -0.2) is 24.9 Å². The molecule has 0 atom stereocenters. The monoisotopic (exact) mass is 311 g/mol. The Hall–Kier alpha value is -3.47. The van der Waals surface area contributed by atoms with Crippen LogP contribution in [0, 0.1) is 0 Å². The summed E-state index contributed by atoms with van der Waals surface area (Å²) in [7, 11) is 0. The molecule has 5 nitrogen and oxygen atoms in total. The lowest BCUT2D eigenvalue weighted by Gasteiger charge is -2.05. The summed E-state index contributed by atoms with van der Waals surface area (Å²) in [4.78, 5) is 19.3. The molecule has 0 aliphatic carbocycles. The van der Waals surface area contributed by atoms with Crippen molar-refractivity contribution in [1.29, 1.82) is 0 Å². The SMILES string of the molecule is c1nc2cc(-c3ccc(-c4cc5nc[nH]c5cn4)cc3)ccc2[nH]1. The molecule has 0 saturated carbocycles. The molecule has 0 amide bonds. The standard InChI is InChI=1S/C19H13N5/c1-3-13(16-8-18-19(9-20-16)24-11-23-18)4-2-12(1)14-5-6-15-17(7-14)22-10-21-15/h1-11H,(H,21,22)(H,23,24). The average molecular weight is 311 g/mol. The molecule has 5 rings (SSSR count). The molecule has 24 heavy (non-hydrogen) atoms. The van der Waals surface area contributed by atoms with E-state index in [4.69, 9.17) is 0 Å². The number of rotatable bonds is 2. The molecule has 5 aromatic rings. The van der Waals surface area contributed by atoms with Crippen molar-refractivity contribution < 1.29 is 0 Å². The predicted molar refractivity (Wildman–Crippen MR) is 94.4 cm³/mol. The van der Waals surface area contributed by atoms with E-state index in [0.29, 0.717) is 0 Å². The average Bonchev–Trinajstić information content (AvgIpc) is 3.29. The van der Waals surface area contributed by atoms with Crippen LogP contribution in [0.15, 0.2) is 67.4 Å². The van der Waals surface area contributed by atoms with E-state index in [0.717, 1.165) is 44.5 Å². The largest absolute Gasteiger partial charge is 0.345 e. The van der Waals surface area contributed by atoms with Gasteiger partial charge in [0, 0.05) is 5.56 Å². The Balaban J connectivity index is 1.53. The number of H-pyrrole nitrogens is 2. The second-order valence-corrected chi connectivity index (χ2v) is 5.70. The minimum atomic E-state index is 0.920. The van der Waals surface area contributed by atoms with Gasteiger partial charge >= 0.3 is 0 Å². The third kappa shape index (κ3) is 2.06. The van der Waals surface area contributed by atoms with Crippen molar-refractivity contribution in [3.05, 3.63) is 67.4 Å². The highest BCUT2D eigenvalue weighted by Gasteiger charge is 2.05. The molecule has 0 spiro atoms. The van der Waals surface area contributed by atoms with E-state index in [9.17, 15) is 0 Å². The minimum Gasteiger partial charge on any atom is -0.345 e.